The highest BCUT2D eigenvalue weighted by molar-refractivity contribution is 9.10. The van der Waals surface area contributed by atoms with Crippen LogP contribution < -0.4 is 14.8 Å². The molecule has 2 aromatic rings. The van der Waals surface area contributed by atoms with E-state index in [9.17, 15) is 4.79 Å². The average Bonchev–Trinajstić information content (AvgIpc) is 2.61. The standard InChI is InChI=1S/C19H22BrNO3/c1-4-18(14-5-7-15(23-3)8-6-14)21-19(22)12-24-16-9-10-17(20)13(2)11-16/h5-11,18H,4,12H2,1-3H3,(H,21,22). The molecule has 0 aliphatic heterocycles. The molecule has 4 nitrogen and oxygen atoms in total. The number of benzene rings is 2. The second-order valence-electron chi connectivity index (χ2n) is 5.50. The van der Waals surface area contributed by atoms with Gasteiger partial charge in [-0.15, -0.1) is 0 Å². The molecule has 0 bridgehead atoms. The van der Waals surface area contributed by atoms with Crippen molar-refractivity contribution in [2.45, 2.75) is 26.3 Å². The van der Waals surface area contributed by atoms with Gasteiger partial charge in [-0.05, 0) is 54.8 Å². The first kappa shape index (κ1) is 18.3. The summed E-state index contributed by atoms with van der Waals surface area (Å²) in [6.45, 7) is 4.01. The van der Waals surface area contributed by atoms with Crippen molar-refractivity contribution in [3.63, 3.8) is 0 Å². The number of methoxy groups -OCH3 is 1. The summed E-state index contributed by atoms with van der Waals surface area (Å²) in [6.07, 6.45) is 0.801. The predicted octanol–water partition coefficient (Wildman–Crippen LogP) is 4.41. The Balaban J connectivity index is 1.92. The van der Waals surface area contributed by atoms with E-state index in [2.05, 4.69) is 21.2 Å². The van der Waals surface area contributed by atoms with Crippen LogP contribution in [0.5, 0.6) is 11.5 Å². The number of halogens is 1. The quantitative estimate of drug-likeness (QED) is 0.759. The lowest BCUT2D eigenvalue weighted by Gasteiger charge is -2.18. The van der Waals surface area contributed by atoms with Gasteiger partial charge in [0.15, 0.2) is 6.61 Å². The topological polar surface area (TPSA) is 47.6 Å². The highest BCUT2D eigenvalue weighted by Crippen LogP contribution is 2.22. The largest absolute Gasteiger partial charge is 0.497 e. The number of hydrogen-bond acceptors (Lipinski definition) is 3. The molecule has 2 rings (SSSR count). The molecule has 0 aliphatic carbocycles. The molecule has 0 aliphatic rings. The summed E-state index contributed by atoms with van der Waals surface area (Å²) in [5.74, 6) is 1.34. The highest BCUT2D eigenvalue weighted by Gasteiger charge is 2.13. The van der Waals surface area contributed by atoms with Crippen LogP contribution in [0, 0.1) is 6.92 Å². The van der Waals surface area contributed by atoms with Crippen LogP contribution in [0.2, 0.25) is 0 Å². The van der Waals surface area contributed by atoms with Crippen molar-refractivity contribution in [1.82, 2.24) is 5.32 Å². The minimum absolute atomic E-state index is 0.00622. The predicted molar refractivity (Wildman–Crippen MR) is 98.5 cm³/mol. The van der Waals surface area contributed by atoms with Crippen molar-refractivity contribution in [3.8, 4) is 11.5 Å². The third kappa shape index (κ3) is 4.99. The Morgan fingerprint density at radius 1 is 1.17 bits per heavy atom. The average molecular weight is 392 g/mol. The molecule has 0 saturated heterocycles. The van der Waals surface area contributed by atoms with Crippen LogP contribution in [0.4, 0.5) is 0 Å². The molecule has 5 heteroatoms. The lowest BCUT2D eigenvalue weighted by Crippen LogP contribution is -2.32. The van der Waals surface area contributed by atoms with E-state index in [0.29, 0.717) is 5.75 Å². The van der Waals surface area contributed by atoms with Gasteiger partial charge < -0.3 is 14.8 Å². The number of nitrogens with one attached hydrogen (secondary N) is 1. The van der Waals surface area contributed by atoms with Crippen LogP contribution in [-0.4, -0.2) is 19.6 Å². The Kier molecular flexibility index (Phi) is 6.67. The molecule has 0 radical (unpaired) electrons. The van der Waals surface area contributed by atoms with E-state index in [1.807, 2.05) is 56.3 Å². The van der Waals surface area contributed by atoms with E-state index in [1.165, 1.54) is 0 Å². The zero-order chi connectivity index (χ0) is 17.5. The van der Waals surface area contributed by atoms with Crippen molar-refractivity contribution >= 4 is 21.8 Å². The highest BCUT2D eigenvalue weighted by atomic mass is 79.9. The fourth-order valence-electron chi connectivity index (χ4n) is 2.35. The van der Waals surface area contributed by atoms with Gasteiger partial charge in [-0.3, -0.25) is 4.79 Å². The van der Waals surface area contributed by atoms with Gasteiger partial charge in [0.25, 0.3) is 5.91 Å². The molecule has 2 aromatic carbocycles. The van der Waals surface area contributed by atoms with Gasteiger partial charge in [-0.25, -0.2) is 0 Å². The fourth-order valence-corrected chi connectivity index (χ4v) is 2.60. The maximum atomic E-state index is 12.2. The SMILES string of the molecule is CCC(NC(=O)COc1ccc(Br)c(C)c1)c1ccc(OC)cc1. The number of ether oxygens (including phenoxy) is 2. The molecular formula is C19H22BrNO3. The number of carbonyl (C=O) groups excluding carboxylic acids is 1. The molecule has 0 fully saturated rings. The van der Waals surface area contributed by atoms with Crippen LogP contribution in [-0.2, 0) is 4.79 Å². The molecule has 128 valence electrons. The van der Waals surface area contributed by atoms with Crippen LogP contribution in [0.25, 0.3) is 0 Å². The summed E-state index contributed by atoms with van der Waals surface area (Å²) in [4.78, 5) is 12.2. The first-order valence-electron chi connectivity index (χ1n) is 7.85. The summed E-state index contributed by atoms with van der Waals surface area (Å²) < 4.78 is 11.7. The zero-order valence-electron chi connectivity index (χ0n) is 14.1. The Hall–Kier alpha value is -2.01. The summed E-state index contributed by atoms with van der Waals surface area (Å²) in [6, 6.07) is 13.3. The monoisotopic (exact) mass is 391 g/mol. The summed E-state index contributed by atoms with van der Waals surface area (Å²) in [5, 5.41) is 3.00. The van der Waals surface area contributed by atoms with Gasteiger partial charge in [-0.1, -0.05) is 35.0 Å². The van der Waals surface area contributed by atoms with Gasteiger partial charge in [-0.2, -0.15) is 0 Å². The van der Waals surface area contributed by atoms with Crippen LogP contribution in [0.15, 0.2) is 46.9 Å². The second kappa shape index (κ2) is 8.73. The summed E-state index contributed by atoms with van der Waals surface area (Å²) >= 11 is 3.44. The van der Waals surface area contributed by atoms with Crippen molar-refractivity contribution in [1.29, 1.82) is 0 Å². The molecule has 1 atom stereocenters. The van der Waals surface area contributed by atoms with Crippen LogP contribution in [0.3, 0.4) is 0 Å². The van der Waals surface area contributed by atoms with E-state index < -0.39 is 0 Å². The molecule has 1 unspecified atom stereocenters. The second-order valence-corrected chi connectivity index (χ2v) is 6.36. The Morgan fingerprint density at radius 3 is 2.42 bits per heavy atom. The zero-order valence-corrected chi connectivity index (χ0v) is 15.7. The van der Waals surface area contributed by atoms with Crippen molar-refractivity contribution in [2.24, 2.45) is 0 Å². The van der Waals surface area contributed by atoms with E-state index >= 15 is 0 Å². The van der Waals surface area contributed by atoms with Crippen molar-refractivity contribution in [3.05, 3.63) is 58.1 Å². The van der Waals surface area contributed by atoms with Gasteiger partial charge >= 0.3 is 0 Å². The van der Waals surface area contributed by atoms with Gasteiger partial charge in [0, 0.05) is 4.47 Å². The smallest absolute Gasteiger partial charge is 0.258 e. The Labute approximate surface area is 151 Å². The summed E-state index contributed by atoms with van der Waals surface area (Å²) in [5.41, 5.74) is 2.11. The number of rotatable bonds is 7. The van der Waals surface area contributed by atoms with Crippen LogP contribution >= 0.6 is 15.9 Å². The lowest BCUT2D eigenvalue weighted by atomic mass is 10.0. The Morgan fingerprint density at radius 2 is 1.83 bits per heavy atom. The van der Waals surface area contributed by atoms with Gasteiger partial charge in [0.1, 0.15) is 11.5 Å². The molecular weight excluding hydrogens is 370 g/mol. The molecule has 1 amide bonds. The molecule has 1 N–H and O–H groups in total. The maximum absolute atomic E-state index is 12.2. The van der Waals surface area contributed by atoms with Crippen molar-refractivity contribution < 1.29 is 14.3 Å². The molecule has 24 heavy (non-hydrogen) atoms. The minimum atomic E-state index is -0.141. The molecule has 0 saturated carbocycles. The third-order valence-corrected chi connectivity index (χ3v) is 4.65. The first-order chi connectivity index (χ1) is 11.5. The van der Waals surface area contributed by atoms with Gasteiger partial charge in [0.05, 0.1) is 13.2 Å². The van der Waals surface area contributed by atoms with Crippen molar-refractivity contribution in [2.75, 3.05) is 13.7 Å². The number of carbonyl (C=O) groups is 1. The normalized spacial score (nSPS) is 11.7. The molecule has 0 spiro atoms. The first-order valence-corrected chi connectivity index (χ1v) is 8.65. The third-order valence-electron chi connectivity index (χ3n) is 3.76. The van der Waals surface area contributed by atoms with Crippen LogP contribution in [0.1, 0.15) is 30.5 Å². The Bertz CT molecular complexity index is 686. The van der Waals surface area contributed by atoms with E-state index in [4.69, 9.17) is 9.47 Å². The lowest BCUT2D eigenvalue weighted by molar-refractivity contribution is -0.123. The van der Waals surface area contributed by atoms with E-state index in [1.54, 1.807) is 7.11 Å². The minimum Gasteiger partial charge on any atom is -0.497 e. The number of amides is 1. The maximum Gasteiger partial charge on any atom is 0.258 e. The molecule has 0 aromatic heterocycles. The summed E-state index contributed by atoms with van der Waals surface area (Å²) in [7, 11) is 1.63. The fraction of sp³-hybridized carbons (Fsp3) is 0.316. The van der Waals surface area contributed by atoms with E-state index in [-0.39, 0.29) is 18.6 Å². The number of aryl methyl sites for hydroxylation is 1. The number of hydrogen-bond donors (Lipinski definition) is 1. The van der Waals surface area contributed by atoms with E-state index in [0.717, 1.165) is 27.8 Å². The molecule has 0 heterocycles. The van der Waals surface area contributed by atoms with Gasteiger partial charge in [0.2, 0.25) is 0 Å².